The summed E-state index contributed by atoms with van der Waals surface area (Å²) in [5.41, 5.74) is 0.466. The molecule has 2 atom stereocenters. The van der Waals surface area contributed by atoms with Crippen LogP contribution in [-0.4, -0.2) is 38.1 Å². The molecule has 1 unspecified atom stereocenters. The third-order valence-corrected chi connectivity index (χ3v) is 4.05. The SMILES string of the molecule is CCOC(=O)[C@H]1CCC[NH+](CCC(=O)Nc2cccc(F)c2)C1. The minimum atomic E-state index is -0.373. The van der Waals surface area contributed by atoms with Crippen molar-refractivity contribution in [3.8, 4) is 0 Å². The van der Waals surface area contributed by atoms with Crippen molar-refractivity contribution >= 4 is 17.6 Å². The highest BCUT2D eigenvalue weighted by molar-refractivity contribution is 5.90. The van der Waals surface area contributed by atoms with E-state index in [4.69, 9.17) is 4.74 Å². The molecule has 0 aliphatic carbocycles. The second-order valence-electron chi connectivity index (χ2n) is 5.85. The van der Waals surface area contributed by atoms with Crippen LogP contribution in [0, 0.1) is 11.7 Å². The van der Waals surface area contributed by atoms with Crippen molar-refractivity contribution in [2.75, 3.05) is 31.6 Å². The molecule has 23 heavy (non-hydrogen) atoms. The highest BCUT2D eigenvalue weighted by Gasteiger charge is 2.29. The van der Waals surface area contributed by atoms with Crippen molar-refractivity contribution in [2.24, 2.45) is 5.92 Å². The molecule has 0 bridgehead atoms. The summed E-state index contributed by atoms with van der Waals surface area (Å²) < 4.78 is 18.2. The van der Waals surface area contributed by atoms with Gasteiger partial charge in [-0.05, 0) is 38.0 Å². The zero-order chi connectivity index (χ0) is 16.7. The molecule has 1 aliphatic rings. The molecule has 2 rings (SSSR count). The van der Waals surface area contributed by atoms with E-state index in [9.17, 15) is 14.0 Å². The Morgan fingerprint density at radius 1 is 1.43 bits per heavy atom. The highest BCUT2D eigenvalue weighted by Crippen LogP contribution is 2.10. The van der Waals surface area contributed by atoms with Gasteiger partial charge in [-0.25, -0.2) is 4.39 Å². The van der Waals surface area contributed by atoms with E-state index in [0.717, 1.165) is 19.4 Å². The maximum absolute atomic E-state index is 13.1. The number of rotatable bonds is 6. The van der Waals surface area contributed by atoms with Crippen molar-refractivity contribution < 1.29 is 23.6 Å². The zero-order valence-corrected chi connectivity index (χ0v) is 13.4. The number of hydrogen-bond acceptors (Lipinski definition) is 3. The average Bonchev–Trinajstić information content (AvgIpc) is 2.53. The third-order valence-electron chi connectivity index (χ3n) is 4.05. The maximum atomic E-state index is 13.1. The number of esters is 1. The molecule has 6 heteroatoms. The van der Waals surface area contributed by atoms with Crippen molar-refractivity contribution in [3.63, 3.8) is 0 Å². The predicted molar refractivity (Wildman–Crippen MR) is 84.6 cm³/mol. The smallest absolute Gasteiger partial charge is 0.314 e. The van der Waals surface area contributed by atoms with Crippen LogP contribution in [0.1, 0.15) is 26.2 Å². The fourth-order valence-electron chi connectivity index (χ4n) is 2.92. The standard InChI is InChI=1S/C17H23FN2O3/c1-2-23-17(22)13-5-4-9-20(12-13)10-8-16(21)19-15-7-3-6-14(18)11-15/h3,6-7,11,13H,2,4-5,8-10,12H2,1H3,(H,19,21)/p+1/t13-/m0/s1. The normalized spacial score (nSPS) is 20.8. The van der Waals surface area contributed by atoms with Crippen LogP contribution in [0.25, 0.3) is 0 Å². The Bertz CT molecular complexity index is 550. The molecule has 1 saturated heterocycles. The number of carbonyl (C=O) groups excluding carboxylic acids is 2. The number of nitrogens with one attached hydrogen (secondary N) is 2. The second-order valence-corrected chi connectivity index (χ2v) is 5.85. The van der Waals surface area contributed by atoms with Gasteiger partial charge in [-0.1, -0.05) is 6.07 Å². The van der Waals surface area contributed by atoms with Crippen molar-refractivity contribution in [1.82, 2.24) is 0 Å². The van der Waals surface area contributed by atoms with Gasteiger partial charge in [0.2, 0.25) is 5.91 Å². The van der Waals surface area contributed by atoms with E-state index >= 15 is 0 Å². The van der Waals surface area contributed by atoms with Crippen LogP contribution in [0.2, 0.25) is 0 Å². The third kappa shape index (κ3) is 5.63. The van der Waals surface area contributed by atoms with E-state index in [0.29, 0.717) is 31.8 Å². The molecule has 126 valence electrons. The molecule has 1 aromatic rings. The van der Waals surface area contributed by atoms with Gasteiger partial charge in [-0.3, -0.25) is 9.59 Å². The van der Waals surface area contributed by atoms with Crippen molar-refractivity contribution in [1.29, 1.82) is 0 Å². The molecular weight excluding hydrogens is 299 g/mol. The molecule has 1 amide bonds. The van der Waals surface area contributed by atoms with Crippen LogP contribution in [0.15, 0.2) is 24.3 Å². The molecule has 1 aliphatic heterocycles. The van der Waals surface area contributed by atoms with Gasteiger partial charge < -0.3 is 15.0 Å². The number of piperidine rings is 1. The van der Waals surface area contributed by atoms with E-state index in [-0.39, 0.29) is 23.6 Å². The Balaban J connectivity index is 1.76. The molecule has 0 radical (unpaired) electrons. The van der Waals surface area contributed by atoms with Crippen molar-refractivity contribution in [2.45, 2.75) is 26.2 Å². The van der Waals surface area contributed by atoms with Gasteiger partial charge in [0.1, 0.15) is 11.7 Å². The largest absolute Gasteiger partial charge is 0.466 e. The highest BCUT2D eigenvalue weighted by atomic mass is 19.1. The van der Waals surface area contributed by atoms with Crippen LogP contribution in [-0.2, 0) is 14.3 Å². The molecular formula is C17H24FN2O3+. The lowest BCUT2D eigenvalue weighted by molar-refractivity contribution is -0.906. The molecule has 0 spiro atoms. The number of ether oxygens (including phenoxy) is 1. The number of carbonyl (C=O) groups is 2. The van der Waals surface area contributed by atoms with E-state index in [1.54, 1.807) is 12.1 Å². The van der Waals surface area contributed by atoms with Crippen LogP contribution in [0.5, 0.6) is 0 Å². The molecule has 5 nitrogen and oxygen atoms in total. The summed E-state index contributed by atoms with van der Waals surface area (Å²) in [4.78, 5) is 25.0. The summed E-state index contributed by atoms with van der Waals surface area (Å²) in [6.07, 6.45) is 2.17. The topological polar surface area (TPSA) is 59.8 Å². The lowest BCUT2D eigenvalue weighted by atomic mass is 9.98. The summed E-state index contributed by atoms with van der Waals surface area (Å²) in [6, 6.07) is 5.85. The number of benzene rings is 1. The van der Waals surface area contributed by atoms with E-state index < -0.39 is 0 Å². The Morgan fingerprint density at radius 3 is 3.00 bits per heavy atom. The van der Waals surface area contributed by atoms with Gasteiger partial charge >= 0.3 is 5.97 Å². The molecule has 1 heterocycles. The van der Waals surface area contributed by atoms with Gasteiger partial charge in [-0.15, -0.1) is 0 Å². The lowest BCUT2D eigenvalue weighted by Crippen LogP contribution is -3.13. The summed E-state index contributed by atoms with van der Waals surface area (Å²) >= 11 is 0. The quantitative estimate of drug-likeness (QED) is 0.768. The summed E-state index contributed by atoms with van der Waals surface area (Å²) in [6.45, 7) is 4.55. The molecule has 0 aromatic heterocycles. The van der Waals surface area contributed by atoms with Crippen LogP contribution in [0.4, 0.5) is 10.1 Å². The monoisotopic (exact) mass is 323 g/mol. The fourth-order valence-corrected chi connectivity index (χ4v) is 2.92. The first kappa shape index (κ1) is 17.4. The van der Waals surface area contributed by atoms with Crippen LogP contribution in [0.3, 0.4) is 0 Å². The van der Waals surface area contributed by atoms with E-state index in [2.05, 4.69) is 5.32 Å². The zero-order valence-electron chi connectivity index (χ0n) is 13.4. The minimum absolute atomic E-state index is 0.0648. The van der Waals surface area contributed by atoms with Gasteiger partial charge in [0.15, 0.2) is 0 Å². The molecule has 0 saturated carbocycles. The average molecular weight is 323 g/mol. The molecule has 1 fully saturated rings. The Labute approximate surface area is 135 Å². The Hall–Kier alpha value is -1.95. The van der Waals surface area contributed by atoms with Gasteiger partial charge in [0.25, 0.3) is 0 Å². The summed E-state index contributed by atoms with van der Waals surface area (Å²) in [5.74, 6) is -0.706. The first-order valence-electron chi connectivity index (χ1n) is 8.14. The number of amides is 1. The Kier molecular flexibility index (Phi) is 6.52. The first-order chi connectivity index (χ1) is 11.1. The van der Waals surface area contributed by atoms with Crippen LogP contribution < -0.4 is 10.2 Å². The van der Waals surface area contributed by atoms with E-state index in [1.807, 2.05) is 6.92 Å². The van der Waals surface area contributed by atoms with Crippen molar-refractivity contribution in [3.05, 3.63) is 30.1 Å². The molecule has 1 aromatic carbocycles. The first-order valence-corrected chi connectivity index (χ1v) is 8.14. The number of hydrogen-bond donors (Lipinski definition) is 2. The number of anilines is 1. The molecule has 2 N–H and O–H groups in total. The Morgan fingerprint density at radius 2 is 2.26 bits per heavy atom. The summed E-state index contributed by atoms with van der Waals surface area (Å²) in [7, 11) is 0. The maximum Gasteiger partial charge on any atom is 0.314 e. The second kappa shape index (κ2) is 8.62. The number of quaternary nitrogens is 1. The lowest BCUT2D eigenvalue weighted by Gasteiger charge is -2.28. The predicted octanol–water partition coefficient (Wildman–Crippen LogP) is 1.01. The number of likely N-dealkylation sites (tertiary alicyclic amines) is 1. The van der Waals surface area contributed by atoms with E-state index in [1.165, 1.54) is 17.0 Å². The van der Waals surface area contributed by atoms with Crippen LogP contribution >= 0.6 is 0 Å². The van der Waals surface area contributed by atoms with Gasteiger partial charge in [-0.2, -0.15) is 0 Å². The fraction of sp³-hybridized carbons (Fsp3) is 0.529. The minimum Gasteiger partial charge on any atom is -0.466 e. The number of halogens is 1. The van der Waals surface area contributed by atoms with Gasteiger partial charge in [0.05, 0.1) is 32.7 Å². The van der Waals surface area contributed by atoms with Gasteiger partial charge in [0, 0.05) is 5.69 Å². The summed E-state index contributed by atoms with van der Waals surface area (Å²) in [5, 5.41) is 2.69.